The van der Waals surface area contributed by atoms with Crippen LogP contribution in [0.3, 0.4) is 0 Å². The smallest absolute Gasteiger partial charge is 0.410 e. The normalized spacial score (nSPS) is 21.7. The van der Waals surface area contributed by atoms with Crippen molar-refractivity contribution < 1.29 is 9.53 Å². The summed E-state index contributed by atoms with van der Waals surface area (Å²) in [6, 6.07) is 6.81. The summed E-state index contributed by atoms with van der Waals surface area (Å²) in [7, 11) is 0. The van der Waals surface area contributed by atoms with Crippen LogP contribution in [0.15, 0.2) is 22.7 Å². The second-order valence-corrected chi connectivity index (χ2v) is 9.99. The van der Waals surface area contributed by atoms with Gasteiger partial charge >= 0.3 is 6.09 Å². The van der Waals surface area contributed by atoms with Crippen LogP contribution in [0.25, 0.3) is 0 Å². The van der Waals surface area contributed by atoms with Gasteiger partial charge in [0.1, 0.15) is 5.60 Å². The van der Waals surface area contributed by atoms with E-state index in [1.807, 2.05) is 25.7 Å². The average molecular weight is 452 g/mol. The lowest BCUT2D eigenvalue weighted by Crippen LogP contribution is -2.54. The van der Waals surface area contributed by atoms with Gasteiger partial charge < -0.3 is 14.5 Å². The number of amides is 1. The van der Waals surface area contributed by atoms with Crippen molar-refractivity contribution in [2.45, 2.75) is 65.1 Å². The maximum absolute atomic E-state index is 12.5. The van der Waals surface area contributed by atoms with Crippen molar-refractivity contribution in [3.8, 4) is 0 Å². The molecule has 1 amide bonds. The molecule has 1 aromatic rings. The van der Waals surface area contributed by atoms with Crippen molar-refractivity contribution in [1.82, 2.24) is 9.80 Å². The first-order valence-electron chi connectivity index (χ1n) is 10.5. The number of benzene rings is 1. The fourth-order valence-corrected chi connectivity index (χ4v) is 4.46. The number of carbonyl (C=O) groups is 1. The van der Waals surface area contributed by atoms with Crippen LogP contribution in [-0.2, 0) is 11.3 Å². The van der Waals surface area contributed by atoms with Crippen LogP contribution in [0.5, 0.6) is 0 Å². The van der Waals surface area contributed by atoms with Gasteiger partial charge in [-0.1, -0.05) is 22.0 Å². The Morgan fingerprint density at radius 1 is 1.14 bits per heavy atom. The first-order chi connectivity index (χ1) is 13.2. The molecule has 1 aromatic carbocycles. The first kappa shape index (κ1) is 21.4. The highest BCUT2D eigenvalue weighted by Crippen LogP contribution is 2.29. The van der Waals surface area contributed by atoms with Crippen LogP contribution in [0.4, 0.5) is 10.5 Å². The molecule has 0 saturated carbocycles. The molecule has 6 heteroatoms. The molecule has 28 heavy (non-hydrogen) atoms. The molecule has 0 radical (unpaired) electrons. The monoisotopic (exact) mass is 451 g/mol. The molecule has 0 aromatic heterocycles. The maximum Gasteiger partial charge on any atom is 0.410 e. The van der Waals surface area contributed by atoms with Gasteiger partial charge in [-0.15, -0.1) is 0 Å². The number of nitrogens with zero attached hydrogens (tertiary/aromatic N) is 3. The second-order valence-electron chi connectivity index (χ2n) is 9.08. The molecule has 156 valence electrons. The molecule has 0 bridgehead atoms. The highest BCUT2D eigenvalue weighted by atomic mass is 79.9. The highest BCUT2D eigenvalue weighted by molar-refractivity contribution is 9.10. The van der Waals surface area contributed by atoms with Crippen molar-refractivity contribution >= 4 is 27.7 Å². The molecule has 2 aliphatic heterocycles. The topological polar surface area (TPSA) is 36.0 Å². The predicted molar refractivity (Wildman–Crippen MR) is 118 cm³/mol. The fourth-order valence-electron chi connectivity index (χ4n) is 4.11. The van der Waals surface area contributed by atoms with Gasteiger partial charge in [-0.3, -0.25) is 4.90 Å². The molecule has 0 unspecified atom stereocenters. The van der Waals surface area contributed by atoms with Crippen LogP contribution in [0.1, 0.15) is 52.5 Å². The molecule has 2 heterocycles. The van der Waals surface area contributed by atoms with Gasteiger partial charge in [-0.2, -0.15) is 0 Å². The summed E-state index contributed by atoms with van der Waals surface area (Å²) in [5.41, 5.74) is 2.29. The lowest BCUT2D eigenvalue weighted by atomic mass is 10.1. The van der Waals surface area contributed by atoms with E-state index < -0.39 is 5.60 Å². The number of halogens is 1. The lowest BCUT2D eigenvalue weighted by molar-refractivity contribution is 0.000570. The third-order valence-electron chi connectivity index (χ3n) is 5.48. The highest BCUT2D eigenvalue weighted by Gasteiger charge is 2.31. The van der Waals surface area contributed by atoms with E-state index in [1.165, 1.54) is 30.5 Å². The minimum absolute atomic E-state index is 0.150. The third kappa shape index (κ3) is 5.63. The van der Waals surface area contributed by atoms with Crippen molar-refractivity contribution in [3.63, 3.8) is 0 Å². The Morgan fingerprint density at radius 3 is 2.50 bits per heavy atom. The summed E-state index contributed by atoms with van der Waals surface area (Å²) in [6.45, 7) is 13.5. The van der Waals surface area contributed by atoms with Gasteiger partial charge in [-0.05, 0) is 64.7 Å². The van der Waals surface area contributed by atoms with Crippen molar-refractivity contribution in [2.24, 2.45) is 0 Å². The zero-order chi connectivity index (χ0) is 20.3. The Bertz CT molecular complexity index is 683. The van der Waals surface area contributed by atoms with Crippen molar-refractivity contribution in [3.05, 3.63) is 28.2 Å². The number of carbonyl (C=O) groups excluding carboxylic acids is 1. The summed E-state index contributed by atoms with van der Waals surface area (Å²) in [4.78, 5) is 19.3. The molecular formula is C22H34BrN3O2. The Hall–Kier alpha value is -1.27. The number of hydrogen-bond donors (Lipinski definition) is 0. The quantitative estimate of drug-likeness (QED) is 0.655. The van der Waals surface area contributed by atoms with E-state index in [2.05, 4.69) is 50.9 Å². The van der Waals surface area contributed by atoms with Crippen LogP contribution >= 0.6 is 15.9 Å². The Labute approximate surface area is 178 Å². The molecule has 3 rings (SSSR count). The summed E-state index contributed by atoms with van der Waals surface area (Å²) in [6.07, 6.45) is 3.69. The zero-order valence-corrected chi connectivity index (χ0v) is 19.3. The number of rotatable bonds is 3. The number of piperidine rings is 1. The standard InChI is InChI=1S/C22H34BrN3O2/c1-17-15-24(12-13-26(17)21(27)28-22(2,3)4)16-18-8-9-19(23)14-20(18)25-10-6-5-7-11-25/h8-9,14,17H,5-7,10-13,15-16H2,1-4H3/t17-/m0/s1. The van der Waals surface area contributed by atoms with Crippen LogP contribution in [0.2, 0.25) is 0 Å². The van der Waals surface area contributed by atoms with E-state index in [9.17, 15) is 4.79 Å². The summed E-state index contributed by atoms with van der Waals surface area (Å²) in [5, 5.41) is 0. The van der Waals surface area contributed by atoms with E-state index in [-0.39, 0.29) is 12.1 Å². The van der Waals surface area contributed by atoms with Gasteiger partial charge in [0.2, 0.25) is 0 Å². The molecule has 0 N–H and O–H groups in total. The van der Waals surface area contributed by atoms with Gasteiger partial charge in [-0.25, -0.2) is 4.79 Å². The van der Waals surface area contributed by atoms with E-state index in [0.29, 0.717) is 6.54 Å². The minimum atomic E-state index is -0.450. The molecule has 2 saturated heterocycles. The van der Waals surface area contributed by atoms with E-state index >= 15 is 0 Å². The number of hydrogen-bond acceptors (Lipinski definition) is 4. The third-order valence-corrected chi connectivity index (χ3v) is 5.97. The van der Waals surface area contributed by atoms with Crippen LogP contribution < -0.4 is 4.90 Å². The number of ether oxygens (including phenoxy) is 1. The second kappa shape index (κ2) is 9.04. The van der Waals surface area contributed by atoms with Gasteiger partial charge in [0.15, 0.2) is 0 Å². The largest absolute Gasteiger partial charge is 0.444 e. The molecule has 0 aliphatic carbocycles. The van der Waals surface area contributed by atoms with Crippen molar-refractivity contribution in [1.29, 1.82) is 0 Å². The zero-order valence-electron chi connectivity index (χ0n) is 17.7. The number of anilines is 1. The summed E-state index contributed by atoms with van der Waals surface area (Å²) in [5.74, 6) is 0. The molecule has 1 atom stereocenters. The summed E-state index contributed by atoms with van der Waals surface area (Å²) >= 11 is 3.65. The molecule has 2 aliphatic rings. The van der Waals surface area contributed by atoms with Crippen molar-refractivity contribution in [2.75, 3.05) is 37.6 Å². The van der Waals surface area contributed by atoms with Crippen LogP contribution in [0, 0.1) is 0 Å². The van der Waals surface area contributed by atoms with E-state index in [4.69, 9.17) is 4.74 Å². The van der Waals surface area contributed by atoms with Crippen LogP contribution in [-0.4, -0.2) is 60.3 Å². The van der Waals surface area contributed by atoms with Gasteiger partial charge in [0.25, 0.3) is 0 Å². The van der Waals surface area contributed by atoms with E-state index in [0.717, 1.165) is 37.2 Å². The fraction of sp³-hybridized carbons (Fsp3) is 0.682. The molecule has 0 spiro atoms. The summed E-state index contributed by atoms with van der Waals surface area (Å²) < 4.78 is 6.71. The first-order valence-corrected chi connectivity index (χ1v) is 11.3. The van der Waals surface area contributed by atoms with Gasteiger partial charge in [0.05, 0.1) is 0 Å². The van der Waals surface area contributed by atoms with E-state index in [1.54, 1.807) is 0 Å². The molecule has 5 nitrogen and oxygen atoms in total. The SMILES string of the molecule is C[C@H]1CN(Cc2ccc(Br)cc2N2CCCCC2)CCN1C(=O)OC(C)(C)C. The maximum atomic E-state index is 12.5. The Balaban J connectivity index is 1.65. The average Bonchev–Trinajstić information content (AvgIpc) is 2.62. The number of piperazine rings is 1. The Morgan fingerprint density at radius 2 is 1.86 bits per heavy atom. The minimum Gasteiger partial charge on any atom is -0.444 e. The van der Waals surface area contributed by atoms with Gasteiger partial charge in [0, 0.05) is 55.5 Å². The Kier molecular flexibility index (Phi) is 6.92. The predicted octanol–water partition coefficient (Wildman–Crippen LogP) is 4.88. The lowest BCUT2D eigenvalue weighted by Gasteiger charge is -2.40. The molecule has 2 fully saturated rings. The molecular weight excluding hydrogens is 418 g/mol.